The highest BCUT2D eigenvalue weighted by atomic mass is 16.6. The fourth-order valence-electron chi connectivity index (χ4n) is 3.51. The van der Waals surface area contributed by atoms with Crippen LogP contribution < -0.4 is 5.32 Å². The van der Waals surface area contributed by atoms with Crippen LogP contribution in [0.3, 0.4) is 0 Å². The van der Waals surface area contributed by atoms with Gasteiger partial charge in [0.2, 0.25) is 0 Å². The van der Waals surface area contributed by atoms with Crippen molar-refractivity contribution >= 4 is 12.1 Å². The number of hydrogen-bond donors (Lipinski definition) is 1. The van der Waals surface area contributed by atoms with Crippen molar-refractivity contribution in [1.29, 1.82) is 0 Å². The molecule has 0 bridgehead atoms. The van der Waals surface area contributed by atoms with Gasteiger partial charge in [0.05, 0.1) is 7.11 Å². The molecule has 3 unspecified atom stereocenters. The molecule has 6 nitrogen and oxygen atoms in total. The standard InChI is InChI=1S/C19H26N2O4/c1-19(2,3)25-18(23)21-10-13-14(11-21)16(13)20-15(17(22)24-4)12-8-6-5-7-9-12/h5-9,13-16,20H,10-11H2,1-4H3. The van der Waals surface area contributed by atoms with Crippen molar-refractivity contribution in [2.45, 2.75) is 38.5 Å². The predicted octanol–water partition coefficient (Wildman–Crippen LogP) is 2.36. The summed E-state index contributed by atoms with van der Waals surface area (Å²) in [5.41, 5.74) is 0.411. The second kappa shape index (κ2) is 6.67. The number of esters is 1. The third kappa shape index (κ3) is 3.95. The van der Waals surface area contributed by atoms with Crippen LogP contribution in [0.4, 0.5) is 4.79 Å². The molecule has 1 aromatic carbocycles. The lowest BCUT2D eigenvalue weighted by molar-refractivity contribution is -0.143. The molecule has 136 valence electrons. The Morgan fingerprint density at radius 1 is 1.16 bits per heavy atom. The van der Waals surface area contributed by atoms with Crippen LogP contribution in [0.25, 0.3) is 0 Å². The number of amides is 1. The molecule has 25 heavy (non-hydrogen) atoms. The fourth-order valence-corrected chi connectivity index (χ4v) is 3.51. The zero-order chi connectivity index (χ0) is 18.2. The third-order valence-corrected chi connectivity index (χ3v) is 4.77. The highest BCUT2D eigenvalue weighted by molar-refractivity contribution is 5.77. The maximum Gasteiger partial charge on any atom is 0.410 e. The van der Waals surface area contributed by atoms with Gasteiger partial charge in [0.1, 0.15) is 11.6 Å². The van der Waals surface area contributed by atoms with E-state index >= 15 is 0 Å². The van der Waals surface area contributed by atoms with Crippen LogP contribution in [0.1, 0.15) is 32.4 Å². The Morgan fingerprint density at radius 3 is 2.28 bits per heavy atom. The first-order valence-electron chi connectivity index (χ1n) is 8.67. The Balaban J connectivity index is 1.58. The van der Waals surface area contributed by atoms with Gasteiger partial charge in [0.25, 0.3) is 0 Å². The molecule has 0 aromatic heterocycles. The molecular weight excluding hydrogens is 320 g/mol. The summed E-state index contributed by atoms with van der Waals surface area (Å²) in [6.07, 6.45) is -0.258. The molecule has 1 saturated heterocycles. The van der Waals surface area contributed by atoms with Crippen molar-refractivity contribution in [2.24, 2.45) is 11.8 Å². The highest BCUT2D eigenvalue weighted by Crippen LogP contribution is 2.46. The van der Waals surface area contributed by atoms with Crippen LogP contribution in [0.15, 0.2) is 30.3 Å². The highest BCUT2D eigenvalue weighted by Gasteiger charge is 2.58. The summed E-state index contributed by atoms with van der Waals surface area (Å²) in [6.45, 7) is 6.94. The number of piperidine rings is 1. The number of carbonyl (C=O) groups excluding carboxylic acids is 2. The second-order valence-electron chi connectivity index (χ2n) is 7.77. The summed E-state index contributed by atoms with van der Waals surface area (Å²) in [6, 6.07) is 9.32. The zero-order valence-corrected chi connectivity index (χ0v) is 15.2. The van der Waals surface area contributed by atoms with Crippen LogP contribution in [0, 0.1) is 11.8 Å². The van der Waals surface area contributed by atoms with Crippen LogP contribution in [0.2, 0.25) is 0 Å². The number of nitrogens with one attached hydrogen (secondary N) is 1. The summed E-state index contributed by atoms with van der Waals surface area (Å²) in [7, 11) is 1.40. The molecule has 1 saturated carbocycles. The van der Waals surface area contributed by atoms with Crippen molar-refractivity contribution in [3.05, 3.63) is 35.9 Å². The Kier molecular flexibility index (Phi) is 4.73. The summed E-state index contributed by atoms with van der Waals surface area (Å²) in [5.74, 6) is 0.437. The number of likely N-dealkylation sites (tertiary alicyclic amines) is 1. The van der Waals surface area contributed by atoms with E-state index in [9.17, 15) is 9.59 Å². The Labute approximate surface area is 148 Å². The van der Waals surface area contributed by atoms with E-state index in [2.05, 4.69) is 5.32 Å². The van der Waals surface area contributed by atoms with Crippen LogP contribution in [-0.4, -0.2) is 48.8 Å². The van der Waals surface area contributed by atoms with Gasteiger partial charge in [-0.25, -0.2) is 9.59 Å². The maximum absolute atomic E-state index is 12.2. The van der Waals surface area contributed by atoms with Gasteiger partial charge in [-0.15, -0.1) is 0 Å². The summed E-state index contributed by atoms with van der Waals surface area (Å²) >= 11 is 0. The van der Waals surface area contributed by atoms with E-state index in [-0.39, 0.29) is 18.1 Å². The summed E-state index contributed by atoms with van der Waals surface area (Å²) in [5, 5.41) is 3.41. The zero-order valence-electron chi connectivity index (χ0n) is 15.2. The molecule has 2 aliphatic rings. The quantitative estimate of drug-likeness (QED) is 0.848. The normalized spacial score (nSPS) is 25.9. The predicted molar refractivity (Wildman–Crippen MR) is 92.9 cm³/mol. The lowest BCUT2D eigenvalue weighted by Gasteiger charge is -2.26. The fraction of sp³-hybridized carbons (Fsp3) is 0.579. The van der Waals surface area contributed by atoms with E-state index in [0.29, 0.717) is 24.9 Å². The van der Waals surface area contributed by atoms with E-state index in [1.54, 1.807) is 4.90 Å². The minimum Gasteiger partial charge on any atom is -0.468 e. The number of methoxy groups -OCH3 is 1. The number of rotatable bonds is 4. The minimum atomic E-state index is -0.481. The number of benzene rings is 1. The van der Waals surface area contributed by atoms with E-state index in [4.69, 9.17) is 9.47 Å². The summed E-state index contributed by atoms with van der Waals surface area (Å²) in [4.78, 5) is 26.1. The molecule has 1 aliphatic carbocycles. The summed E-state index contributed by atoms with van der Waals surface area (Å²) < 4.78 is 10.4. The van der Waals surface area contributed by atoms with Crippen molar-refractivity contribution in [3.63, 3.8) is 0 Å². The third-order valence-electron chi connectivity index (χ3n) is 4.77. The van der Waals surface area contributed by atoms with Gasteiger partial charge in [-0.3, -0.25) is 5.32 Å². The Bertz CT molecular complexity index is 629. The van der Waals surface area contributed by atoms with E-state index in [1.807, 2.05) is 51.1 Å². The maximum atomic E-state index is 12.2. The molecule has 1 heterocycles. The molecule has 1 amide bonds. The molecule has 2 fully saturated rings. The van der Waals surface area contributed by atoms with Crippen LogP contribution in [0.5, 0.6) is 0 Å². The molecule has 0 radical (unpaired) electrons. The van der Waals surface area contributed by atoms with Gasteiger partial charge >= 0.3 is 12.1 Å². The molecule has 1 N–H and O–H groups in total. The van der Waals surface area contributed by atoms with Gasteiger partial charge in [0, 0.05) is 19.1 Å². The molecule has 3 rings (SSSR count). The van der Waals surface area contributed by atoms with Gasteiger partial charge < -0.3 is 14.4 Å². The molecule has 0 spiro atoms. The number of ether oxygens (including phenoxy) is 2. The van der Waals surface area contributed by atoms with Crippen molar-refractivity contribution in [2.75, 3.05) is 20.2 Å². The average Bonchev–Trinajstić information content (AvgIpc) is 3.00. The molecular formula is C19H26N2O4. The van der Waals surface area contributed by atoms with Gasteiger partial charge in [-0.05, 0) is 38.2 Å². The largest absolute Gasteiger partial charge is 0.468 e. The lowest BCUT2D eigenvalue weighted by Crippen LogP contribution is -2.40. The molecule has 3 atom stereocenters. The van der Waals surface area contributed by atoms with Crippen LogP contribution in [-0.2, 0) is 14.3 Å². The first-order valence-corrected chi connectivity index (χ1v) is 8.67. The first-order chi connectivity index (χ1) is 11.8. The van der Waals surface area contributed by atoms with Crippen LogP contribution >= 0.6 is 0 Å². The number of fused-ring (bicyclic) bond motifs is 1. The monoisotopic (exact) mass is 346 g/mol. The van der Waals surface area contributed by atoms with E-state index < -0.39 is 11.6 Å². The SMILES string of the molecule is COC(=O)C(NC1C2CN(C(=O)OC(C)(C)C)CC21)c1ccccc1. The van der Waals surface area contributed by atoms with Crippen molar-refractivity contribution < 1.29 is 19.1 Å². The first kappa shape index (κ1) is 17.7. The van der Waals surface area contributed by atoms with Gasteiger partial charge in [-0.1, -0.05) is 30.3 Å². The Hall–Kier alpha value is -2.08. The van der Waals surface area contributed by atoms with E-state index in [0.717, 1.165) is 5.56 Å². The molecule has 1 aromatic rings. The van der Waals surface area contributed by atoms with Gasteiger partial charge in [-0.2, -0.15) is 0 Å². The second-order valence-corrected chi connectivity index (χ2v) is 7.77. The topological polar surface area (TPSA) is 67.9 Å². The average molecular weight is 346 g/mol. The number of carbonyl (C=O) groups is 2. The van der Waals surface area contributed by atoms with Gasteiger partial charge in [0.15, 0.2) is 0 Å². The minimum absolute atomic E-state index is 0.225. The molecule has 6 heteroatoms. The van der Waals surface area contributed by atoms with Crippen molar-refractivity contribution in [1.82, 2.24) is 10.2 Å². The van der Waals surface area contributed by atoms with Crippen molar-refractivity contribution in [3.8, 4) is 0 Å². The number of hydrogen-bond acceptors (Lipinski definition) is 5. The van der Waals surface area contributed by atoms with E-state index in [1.165, 1.54) is 7.11 Å². The smallest absolute Gasteiger partial charge is 0.410 e. The lowest BCUT2D eigenvalue weighted by atomic mass is 10.1. The molecule has 1 aliphatic heterocycles. The number of nitrogens with zero attached hydrogens (tertiary/aromatic N) is 1. The Morgan fingerprint density at radius 2 is 1.76 bits per heavy atom.